The summed E-state index contributed by atoms with van der Waals surface area (Å²) >= 11 is 0. The molecule has 1 fully saturated rings. The number of carbonyl (C=O) groups excluding carboxylic acids is 1. The minimum atomic E-state index is -0.783. The number of hydrogen-bond acceptors (Lipinski definition) is 3. The van der Waals surface area contributed by atoms with Crippen LogP contribution in [-0.2, 0) is 21.5 Å². The highest BCUT2D eigenvalue weighted by molar-refractivity contribution is 5.76. The summed E-state index contributed by atoms with van der Waals surface area (Å²) < 4.78 is 0. The van der Waals surface area contributed by atoms with E-state index in [0.717, 1.165) is 31.4 Å². The lowest BCUT2D eigenvalue weighted by Crippen LogP contribution is -2.60. The molecule has 2 atom stereocenters. The van der Waals surface area contributed by atoms with Crippen molar-refractivity contribution in [1.29, 1.82) is 0 Å². The van der Waals surface area contributed by atoms with Gasteiger partial charge in [-0.2, -0.15) is 0 Å². The molecular formula is C25H30N2O3. The number of aliphatic carboxylic acids is 1. The smallest absolute Gasteiger partial charge is 0.321 e. The lowest BCUT2D eigenvalue weighted by Gasteiger charge is -2.53. The fourth-order valence-electron chi connectivity index (χ4n) is 5.58. The molecule has 1 spiro atoms. The number of carboxylic acids is 1. The number of piperidine rings is 1. The summed E-state index contributed by atoms with van der Waals surface area (Å²) in [6, 6.07) is 17.7. The van der Waals surface area contributed by atoms with Crippen molar-refractivity contribution in [3.8, 4) is 0 Å². The zero-order valence-electron chi connectivity index (χ0n) is 17.8. The fourth-order valence-corrected chi connectivity index (χ4v) is 5.58. The lowest BCUT2D eigenvalue weighted by atomic mass is 9.73. The Morgan fingerprint density at radius 3 is 2.23 bits per heavy atom. The molecule has 30 heavy (non-hydrogen) atoms. The number of hydrogen-bond donors (Lipinski definition) is 1. The molecule has 2 unspecified atom stereocenters. The Morgan fingerprint density at radius 1 is 0.967 bits per heavy atom. The summed E-state index contributed by atoms with van der Waals surface area (Å²) in [7, 11) is 0. The highest BCUT2D eigenvalue weighted by Gasteiger charge is 2.47. The number of amides is 1. The molecule has 5 nitrogen and oxygen atoms in total. The molecule has 2 heterocycles. The molecule has 2 aromatic rings. The normalized spacial score (nSPS) is 20.4. The van der Waals surface area contributed by atoms with Crippen LogP contribution in [0.15, 0.2) is 54.6 Å². The summed E-state index contributed by atoms with van der Waals surface area (Å²) in [5, 5.41) is 10.1. The molecule has 158 valence electrons. The Bertz CT molecular complexity index is 919. The molecule has 0 saturated carbocycles. The molecule has 0 bridgehead atoms. The average molecular weight is 407 g/mol. The summed E-state index contributed by atoms with van der Waals surface area (Å²) in [5.41, 5.74) is 3.28. The van der Waals surface area contributed by atoms with Gasteiger partial charge in [-0.25, -0.2) is 0 Å². The molecule has 1 saturated heterocycles. The Morgan fingerprint density at radius 2 is 1.60 bits per heavy atom. The first-order chi connectivity index (χ1) is 14.4. The number of benzene rings is 2. The molecular weight excluding hydrogens is 376 g/mol. The van der Waals surface area contributed by atoms with Gasteiger partial charge in [0.25, 0.3) is 0 Å². The molecule has 0 aromatic heterocycles. The van der Waals surface area contributed by atoms with Gasteiger partial charge in [-0.1, -0.05) is 61.5 Å². The van der Waals surface area contributed by atoms with Gasteiger partial charge in [0.1, 0.15) is 6.04 Å². The van der Waals surface area contributed by atoms with Crippen molar-refractivity contribution < 1.29 is 14.7 Å². The van der Waals surface area contributed by atoms with Crippen LogP contribution in [0.5, 0.6) is 0 Å². The van der Waals surface area contributed by atoms with Gasteiger partial charge in [0.05, 0.1) is 5.54 Å². The second-order valence-electron chi connectivity index (χ2n) is 8.63. The molecule has 0 radical (unpaired) electrons. The van der Waals surface area contributed by atoms with Gasteiger partial charge in [0.15, 0.2) is 0 Å². The molecule has 2 aliphatic heterocycles. The van der Waals surface area contributed by atoms with E-state index >= 15 is 0 Å². The second kappa shape index (κ2) is 8.23. The first-order valence-electron chi connectivity index (χ1n) is 10.8. The SMILES string of the molecule is CC(=O)N1CCc2ccccc2C12CCN(C(C(=O)O)C(C)c1ccccc1)CC2. The third-order valence-corrected chi connectivity index (χ3v) is 7.09. The number of nitrogens with zero attached hydrogens (tertiary/aromatic N) is 2. The van der Waals surface area contributed by atoms with Crippen molar-refractivity contribution in [2.24, 2.45) is 0 Å². The van der Waals surface area contributed by atoms with Crippen LogP contribution in [0.4, 0.5) is 0 Å². The van der Waals surface area contributed by atoms with E-state index in [0.29, 0.717) is 13.1 Å². The van der Waals surface area contributed by atoms with Gasteiger partial charge < -0.3 is 10.0 Å². The predicted octanol–water partition coefficient (Wildman–Crippen LogP) is 3.64. The van der Waals surface area contributed by atoms with Crippen molar-refractivity contribution in [2.75, 3.05) is 19.6 Å². The van der Waals surface area contributed by atoms with Crippen molar-refractivity contribution in [3.05, 3.63) is 71.3 Å². The summed E-state index contributed by atoms with van der Waals surface area (Å²) in [4.78, 5) is 28.9. The second-order valence-corrected chi connectivity index (χ2v) is 8.63. The molecule has 2 aliphatic rings. The van der Waals surface area contributed by atoms with Crippen LogP contribution in [0.3, 0.4) is 0 Å². The molecule has 4 rings (SSSR count). The van der Waals surface area contributed by atoms with Gasteiger partial charge in [0.2, 0.25) is 5.91 Å². The number of fused-ring (bicyclic) bond motifs is 2. The largest absolute Gasteiger partial charge is 0.480 e. The first kappa shape index (κ1) is 20.6. The van der Waals surface area contributed by atoms with Crippen LogP contribution >= 0.6 is 0 Å². The molecule has 1 N–H and O–H groups in total. The van der Waals surface area contributed by atoms with E-state index in [2.05, 4.69) is 23.1 Å². The standard InChI is InChI=1S/C25H30N2O3/c1-18(20-8-4-3-5-9-20)23(24(29)30)26-16-13-25(14-17-26)22-11-7-6-10-21(22)12-15-27(25)19(2)28/h3-11,18,23H,12-17H2,1-2H3,(H,29,30). The van der Waals surface area contributed by atoms with Crippen molar-refractivity contribution in [2.45, 2.75) is 50.6 Å². The van der Waals surface area contributed by atoms with E-state index in [9.17, 15) is 14.7 Å². The molecule has 1 amide bonds. The quantitative estimate of drug-likeness (QED) is 0.842. The van der Waals surface area contributed by atoms with Crippen molar-refractivity contribution in [1.82, 2.24) is 9.80 Å². The predicted molar refractivity (Wildman–Crippen MR) is 116 cm³/mol. The highest BCUT2D eigenvalue weighted by Crippen LogP contribution is 2.44. The maximum atomic E-state index is 12.5. The third kappa shape index (κ3) is 3.52. The van der Waals surface area contributed by atoms with Crippen molar-refractivity contribution in [3.63, 3.8) is 0 Å². The van der Waals surface area contributed by atoms with Gasteiger partial charge in [-0.15, -0.1) is 0 Å². The minimum Gasteiger partial charge on any atom is -0.480 e. The van der Waals surface area contributed by atoms with E-state index in [4.69, 9.17) is 0 Å². The van der Waals surface area contributed by atoms with Crippen LogP contribution < -0.4 is 0 Å². The van der Waals surface area contributed by atoms with E-state index in [1.807, 2.05) is 48.2 Å². The van der Waals surface area contributed by atoms with Crippen molar-refractivity contribution >= 4 is 11.9 Å². The number of carboxylic acid groups (broad SMARTS) is 1. The van der Waals surface area contributed by atoms with Gasteiger partial charge >= 0.3 is 5.97 Å². The first-order valence-corrected chi connectivity index (χ1v) is 10.8. The van der Waals surface area contributed by atoms with E-state index in [-0.39, 0.29) is 17.4 Å². The number of rotatable bonds is 4. The monoisotopic (exact) mass is 406 g/mol. The van der Waals surface area contributed by atoms with Gasteiger partial charge in [0, 0.05) is 32.5 Å². The van der Waals surface area contributed by atoms with Crippen LogP contribution in [-0.4, -0.2) is 52.5 Å². The molecule has 2 aromatic carbocycles. The maximum absolute atomic E-state index is 12.5. The van der Waals surface area contributed by atoms with E-state index in [1.165, 1.54) is 11.1 Å². The summed E-state index contributed by atoms with van der Waals surface area (Å²) in [6.07, 6.45) is 2.40. The van der Waals surface area contributed by atoms with Gasteiger partial charge in [-0.3, -0.25) is 14.5 Å². The third-order valence-electron chi connectivity index (χ3n) is 7.09. The Balaban J connectivity index is 1.61. The van der Waals surface area contributed by atoms with E-state index < -0.39 is 12.0 Å². The van der Waals surface area contributed by atoms with E-state index in [1.54, 1.807) is 6.92 Å². The van der Waals surface area contributed by atoms with Gasteiger partial charge in [-0.05, 0) is 36.0 Å². The van der Waals surface area contributed by atoms with Crippen LogP contribution in [0.1, 0.15) is 49.3 Å². The summed E-state index contributed by atoms with van der Waals surface area (Å²) in [6.45, 7) is 5.70. The number of likely N-dealkylation sites (tertiary alicyclic amines) is 1. The van der Waals surface area contributed by atoms with Crippen LogP contribution in [0, 0.1) is 0 Å². The zero-order valence-corrected chi connectivity index (χ0v) is 17.8. The molecule has 0 aliphatic carbocycles. The van der Waals surface area contributed by atoms with Crippen LogP contribution in [0.25, 0.3) is 0 Å². The minimum absolute atomic E-state index is 0.102. The Labute approximate surface area is 178 Å². The average Bonchev–Trinajstić information content (AvgIpc) is 2.76. The Hall–Kier alpha value is -2.66. The fraction of sp³-hybridized carbons (Fsp3) is 0.440. The topological polar surface area (TPSA) is 60.9 Å². The molecule has 5 heteroatoms. The lowest BCUT2D eigenvalue weighted by molar-refractivity contribution is -0.148. The zero-order chi connectivity index (χ0) is 21.3. The summed E-state index contributed by atoms with van der Waals surface area (Å²) in [5.74, 6) is -0.791. The maximum Gasteiger partial charge on any atom is 0.321 e. The van der Waals surface area contributed by atoms with Crippen LogP contribution in [0.2, 0.25) is 0 Å². The highest BCUT2D eigenvalue weighted by atomic mass is 16.4. The Kier molecular flexibility index (Phi) is 5.65. The number of carbonyl (C=O) groups is 2.